The number of carbonyl (C=O) groups excluding carboxylic acids is 1. The summed E-state index contributed by atoms with van der Waals surface area (Å²) in [6.07, 6.45) is 0. The molecule has 3 aromatic rings. The van der Waals surface area contributed by atoms with Crippen molar-refractivity contribution >= 4 is 33.4 Å². The molecule has 0 saturated carbocycles. The number of nitrogens with zero attached hydrogens (tertiary/aromatic N) is 4. The first-order valence-corrected chi connectivity index (χ1v) is 8.22. The Kier molecular flexibility index (Phi) is 4.40. The van der Waals surface area contributed by atoms with Crippen molar-refractivity contribution in [2.45, 2.75) is 20.0 Å². The SMILES string of the molecule is CC(=O)Nc1nc(CN(C)Cc2nc3ccccc3n2C)cs1. The number of thiazole rings is 1. The molecule has 0 aliphatic heterocycles. The van der Waals surface area contributed by atoms with Gasteiger partial charge < -0.3 is 9.88 Å². The first-order valence-electron chi connectivity index (χ1n) is 7.34. The summed E-state index contributed by atoms with van der Waals surface area (Å²) in [6, 6.07) is 8.13. The Morgan fingerprint density at radius 2 is 2.09 bits per heavy atom. The number of carbonyl (C=O) groups is 1. The van der Waals surface area contributed by atoms with Crippen LogP contribution in [0.2, 0.25) is 0 Å². The summed E-state index contributed by atoms with van der Waals surface area (Å²) in [5, 5.41) is 5.32. The molecule has 23 heavy (non-hydrogen) atoms. The van der Waals surface area contributed by atoms with Gasteiger partial charge in [-0.3, -0.25) is 9.69 Å². The summed E-state index contributed by atoms with van der Waals surface area (Å²) < 4.78 is 2.12. The van der Waals surface area contributed by atoms with Crippen LogP contribution < -0.4 is 5.32 Å². The highest BCUT2D eigenvalue weighted by atomic mass is 32.1. The maximum Gasteiger partial charge on any atom is 0.223 e. The lowest BCUT2D eigenvalue weighted by atomic mass is 10.3. The number of aryl methyl sites for hydroxylation is 1. The number of imidazole rings is 1. The van der Waals surface area contributed by atoms with E-state index in [2.05, 4.69) is 30.8 Å². The molecule has 0 radical (unpaired) electrons. The van der Waals surface area contributed by atoms with Gasteiger partial charge in [-0.2, -0.15) is 0 Å². The van der Waals surface area contributed by atoms with Crippen LogP contribution in [0, 0.1) is 0 Å². The fourth-order valence-corrected chi connectivity index (χ4v) is 3.25. The number of benzene rings is 1. The first kappa shape index (κ1) is 15.6. The quantitative estimate of drug-likeness (QED) is 0.781. The second kappa shape index (κ2) is 6.47. The number of rotatable bonds is 5. The van der Waals surface area contributed by atoms with E-state index in [1.807, 2.05) is 37.7 Å². The number of para-hydroxylation sites is 2. The predicted molar refractivity (Wildman–Crippen MR) is 92.3 cm³/mol. The molecule has 0 atom stereocenters. The number of hydrogen-bond donors (Lipinski definition) is 1. The van der Waals surface area contributed by atoms with Crippen LogP contribution in [0.25, 0.3) is 11.0 Å². The van der Waals surface area contributed by atoms with Crippen molar-refractivity contribution in [2.75, 3.05) is 12.4 Å². The Morgan fingerprint density at radius 3 is 2.83 bits per heavy atom. The van der Waals surface area contributed by atoms with Gasteiger partial charge in [-0.15, -0.1) is 11.3 Å². The molecular formula is C16H19N5OS. The zero-order valence-electron chi connectivity index (χ0n) is 13.4. The minimum Gasteiger partial charge on any atom is -0.330 e. The Hall–Kier alpha value is -2.25. The van der Waals surface area contributed by atoms with Gasteiger partial charge in [0.25, 0.3) is 0 Å². The highest BCUT2D eigenvalue weighted by Gasteiger charge is 2.11. The van der Waals surface area contributed by atoms with E-state index >= 15 is 0 Å². The highest BCUT2D eigenvalue weighted by molar-refractivity contribution is 7.13. The summed E-state index contributed by atoms with van der Waals surface area (Å²) >= 11 is 1.44. The van der Waals surface area contributed by atoms with Crippen molar-refractivity contribution in [3.05, 3.63) is 41.2 Å². The number of amides is 1. The lowest BCUT2D eigenvalue weighted by Gasteiger charge is -2.14. The van der Waals surface area contributed by atoms with Crippen molar-refractivity contribution in [3.63, 3.8) is 0 Å². The molecule has 0 fully saturated rings. The van der Waals surface area contributed by atoms with Crippen LogP contribution >= 0.6 is 11.3 Å². The fourth-order valence-electron chi connectivity index (χ4n) is 2.50. The second-order valence-electron chi connectivity index (χ2n) is 5.57. The summed E-state index contributed by atoms with van der Waals surface area (Å²) in [4.78, 5) is 22.3. The highest BCUT2D eigenvalue weighted by Crippen LogP contribution is 2.18. The summed E-state index contributed by atoms with van der Waals surface area (Å²) in [5.74, 6) is 0.921. The van der Waals surface area contributed by atoms with E-state index in [-0.39, 0.29) is 5.91 Å². The van der Waals surface area contributed by atoms with E-state index in [1.54, 1.807) is 0 Å². The van der Waals surface area contributed by atoms with Crippen molar-refractivity contribution in [1.29, 1.82) is 0 Å². The minimum atomic E-state index is -0.0982. The van der Waals surface area contributed by atoms with Gasteiger partial charge in [-0.05, 0) is 19.2 Å². The number of hydrogen-bond acceptors (Lipinski definition) is 5. The average Bonchev–Trinajstić information content (AvgIpc) is 3.04. The van der Waals surface area contributed by atoms with Gasteiger partial charge >= 0.3 is 0 Å². The van der Waals surface area contributed by atoms with Crippen molar-refractivity contribution in [3.8, 4) is 0 Å². The normalized spacial score (nSPS) is 11.3. The number of nitrogens with one attached hydrogen (secondary N) is 1. The lowest BCUT2D eigenvalue weighted by Crippen LogP contribution is -2.19. The predicted octanol–water partition coefficient (Wildman–Crippen LogP) is 2.62. The van der Waals surface area contributed by atoms with Crippen LogP contribution in [-0.4, -0.2) is 32.4 Å². The molecule has 0 unspecified atom stereocenters. The Morgan fingerprint density at radius 1 is 1.30 bits per heavy atom. The Balaban J connectivity index is 1.68. The monoisotopic (exact) mass is 329 g/mol. The Bertz CT molecular complexity index is 838. The van der Waals surface area contributed by atoms with Crippen molar-refractivity contribution in [2.24, 2.45) is 7.05 Å². The fraction of sp³-hybridized carbons (Fsp3) is 0.312. The second-order valence-corrected chi connectivity index (χ2v) is 6.43. The number of aromatic nitrogens is 3. The number of fused-ring (bicyclic) bond motifs is 1. The molecule has 6 nitrogen and oxygen atoms in total. The summed E-state index contributed by atoms with van der Waals surface area (Å²) in [6.45, 7) is 2.93. The third-order valence-electron chi connectivity index (χ3n) is 3.56. The van der Waals surface area contributed by atoms with Gasteiger partial charge in [0, 0.05) is 25.9 Å². The first-order chi connectivity index (χ1) is 11.0. The third kappa shape index (κ3) is 3.57. The van der Waals surface area contributed by atoms with Crippen LogP contribution in [0.1, 0.15) is 18.4 Å². The van der Waals surface area contributed by atoms with Crippen LogP contribution in [-0.2, 0) is 24.9 Å². The van der Waals surface area contributed by atoms with E-state index in [9.17, 15) is 4.79 Å². The van der Waals surface area contributed by atoms with Gasteiger partial charge in [-0.25, -0.2) is 9.97 Å². The summed E-state index contributed by atoms with van der Waals surface area (Å²) in [5.41, 5.74) is 3.09. The Labute approximate surface area is 138 Å². The van der Waals surface area contributed by atoms with Crippen molar-refractivity contribution in [1.82, 2.24) is 19.4 Å². The molecule has 2 heterocycles. The standard InChI is InChI=1S/C16H19N5OS/c1-11(22)17-16-18-12(10-23-16)8-20(2)9-15-19-13-6-4-5-7-14(13)21(15)3/h4-7,10H,8-9H2,1-3H3,(H,17,18,22). The van der Waals surface area contributed by atoms with Crippen LogP contribution in [0.15, 0.2) is 29.6 Å². The largest absolute Gasteiger partial charge is 0.330 e. The van der Waals surface area contributed by atoms with Crippen molar-refractivity contribution < 1.29 is 4.79 Å². The molecule has 1 N–H and O–H groups in total. The smallest absolute Gasteiger partial charge is 0.223 e. The van der Waals surface area contributed by atoms with Crippen LogP contribution in [0.5, 0.6) is 0 Å². The molecule has 1 amide bonds. The molecule has 2 aromatic heterocycles. The molecule has 0 aliphatic rings. The van der Waals surface area contributed by atoms with E-state index in [4.69, 9.17) is 0 Å². The maximum absolute atomic E-state index is 11.0. The van der Waals surface area contributed by atoms with Gasteiger partial charge in [0.1, 0.15) is 5.82 Å². The summed E-state index contributed by atoms with van der Waals surface area (Å²) in [7, 11) is 4.08. The zero-order chi connectivity index (χ0) is 16.4. The zero-order valence-corrected chi connectivity index (χ0v) is 14.2. The molecule has 0 saturated heterocycles. The van der Waals surface area contributed by atoms with Gasteiger partial charge in [-0.1, -0.05) is 12.1 Å². The molecule has 120 valence electrons. The van der Waals surface area contributed by atoms with Gasteiger partial charge in [0.05, 0.1) is 23.3 Å². The maximum atomic E-state index is 11.0. The van der Waals surface area contributed by atoms with E-state index in [0.717, 1.165) is 29.1 Å². The molecule has 3 rings (SSSR count). The molecule has 7 heteroatoms. The van der Waals surface area contributed by atoms with E-state index in [0.29, 0.717) is 11.7 Å². The molecule has 0 bridgehead atoms. The third-order valence-corrected chi connectivity index (χ3v) is 4.36. The molecule has 0 spiro atoms. The van der Waals surface area contributed by atoms with Crippen LogP contribution in [0.4, 0.5) is 5.13 Å². The molecule has 0 aliphatic carbocycles. The molecular weight excluding hydrogens is 310 g/mol. The lowest BCUT2D eigenvalue weighted by molar-refractivity contribution is -0.114. The number of anilines is 1. The van der Waals surface area contributed by atoms with Gasteiger partial charge in [0.15, 0.2) is 5.13 Å². The average molecular weight is 329 g/mol. The van der Waals surface area contributed by atoms with E-state index < -0.39 is 0 Å². The minimum absolute atomic E-state index is 0.0982. The van der Waals surface area contributed by atoms with Crippen LogP contribution in [0.3, 0.4) is 0 Å². The molecule has 1 aromatic carbocycles. The van der Waals surface area contributed by atoms with E-state index in [1.165, 1.54) is 18.3 Å². The topological polar surface area (TPSA) is 63.1 Å². The van der Waals surface area contributed by atoms with Gasteiger partial charge in [0.2, 0.25) is 5.91 Å².